The normalized spacial score (nSPS) is 20.4. The Bertz CT molecular complexity index is 977. The Kier molecular flexibility index (Phi) is 5.46. The van der Waals surface area contributed by atoms with Gasteiger partial charge in [-0.3, -0.25) is 9.59 Å². The van der Waals surface area contributed by atoms with Gasteiger partial charge in [0.1, 0.15) is 5.75 Å². The number of ether oxygens (including phenoxy) is 2. The average Bonchev–Trinajstić information content (AvgIpc) is 3.53. The third kappa shape index (κ3) is 4.08. The highest BCUT2D eigenvalue weighted by atomic mass is 16.5. The lowest BCUT2D eigenvalue weighted by atomic mass is 9.92. The van der Waals surface area contributed by atoms with Crippen molar-refractivity contribution >= 4 is 5.91 Å². The van der Waals surface area contributed by atoms with E-state index in [1.807, 2.05) is 31.3 Å². The second-order valence-corrected chi connectivity index (χ2v) is 7.99. The molecule has 1 saturated carbocycles. The number of amides is 1. The molecule has 1 aromatic carbocycles. The first-order valence-corrected chi connectivity index (χ1v) is 10.3. The van der Waals surface area contributed by atoms with Crippen LogP contribution in [0.25, 0.3) is 11.1 Å². The van der Waals surface area contributed by atoms with E-state index < -0.39 is 6.10 Å². The van der Waals surface area contributed by atoms with Crippen LogP contribution in [0.4, 0.5) is 0 Å². The molecule has 1 aliphatic heterocycles. The van der Waals surface area contributed by atoms with Gasteiger partial charge in [-0.25, -0.2) is 0 Å². The molecule has 6 heteroatoms. The van der Waals surface area contributed by atoms with Crippen molar-refractivity contribution in [2.24, 2.45) is 13.0 Å². The van der Waals surface area contributed by atoms with E-state index in [-0.39, 0.29) is 24.0 Å². The number of aryl methyl sites for hydroxylation is 1. The number of nitrogens with one attached hydrogen (secondary N) is 1. The number of carbonyl (C=O) groups excluding carboxylic acids is 1. The highest BCUT2D eigenvalue weighted by Gasteiger charge is 2.35. The van der Waals surface area contributed by atoms with Crippen LogP contribution in [0.1, 0.15) is 55.9 Å². The molecule has 0 saturated heterocycles. The fourth-order valence-electron chi connectivity index (χ4n) is 4.09. The quantitative estimate of drug-likeness (QED) is 0.811. The number of hydrogen-bond donors (Lipinski definition) is 1. The number of methoxy groups -OCH3 is 1. The van der Waals surface area contributed by atoms with Crippen LogP contribution < -0.4 is 15.6 Å². The molecule has 1 fully saturated rings. The standard InChI is InChI=1S/C23H28N2O4/c1-4-24-22(26)12-21-18-11-23(27)25(2)13-19(18)16-8-7-15(28-3)10-17(16)20(29-21)9-14-5-6-14/h7-8,10-11,13-14,20-21H,4-6,9,12H2,1-3H3,(H,24,26). The lowest BCUT2D eigenvalue weighted by Gasteiger charge is -2.24. The second-order valence-electron chi connectivity index (χ2n) is 7.99. The maximum absolute atomic E-state index is 12.4. The fourth-order valence-corrected chi connectivity index (χ4v) is 4.09. The molecule has 1 aliphatic carbocycles. The molecule has 29 heavy (non-hydrogen) atoms. The molecule has 2 unspecified atom stereocenters. The van der Waals surface area contributed by atoms with E-state index in [0.717, 1.165) is 34.4 Å². The molecule has 1 amide bonds. The van der Waals surface area contributed by atoms with Gasteiger partial charge in [-0.05, 0) is 48.1 Å². The van der Waals surface area contributed by atoms with Crippen LogP contribution in [0, 0.1) is 5.92 Å². The predicted octanol–water partition coefficient (Wildman–Crippen LogP) is 3.50. The summed E-state index contributed by atoms with van der Waals surface area (Å²) < 4.78 is 13.6. The third-order valence-electron chi connectivity index (χ3n) is 5.82. The van der Waals surface area contributed by atoms with Crippen LogP contribution >= 0.6 is 0 Å². The number of rotatable bonds is 6. The van der Waals surface area contributed by atoms with Gasteiger partial charge in [0.25, 0.3) is 5.56 Å². The van der Waals surface area contributed by atoms with Crippen molar-refractivity contribution in [1.82, 2.24) is 9.88 Å². The topological polar surface area (TPSA) is 69.6 Å². The van der Waals surface area contributed by atoms with E-state index in [2.05, 4.69) is 5.32 Å². The monoisotopic (exact) mass is 396 g/mol. The number of carbonyl (C=O) groups is 1. The number of benzene rings is 1. The summed E-state index contributed by atoms with van der Waals surface area (Å²) in [6, 6.07) is 7.62. The molecule has 6 nitrogen and oxygen atoms in total. The van der Waals surface area contributed by atoms with Gasteiger partial charge >= 0.3 is 0 Å². The van der Waals surface area contributed by atoms with Gasteiger partial charge < -0.3 is 19.4 Å². The lowest BCUT2D eigenvalue weighted by Crippen LogP contribution is -2.26. The van der Waals surface area contributed by atoms with Gasteiger partial charge in [0.05, 0.1) is 25.7 Å². The van der Waals surface area contributed by atoms with Crippen LogP contribution in [-0.4, -0.2) is 24.1 Å². The SMILES string of the molecule is CCNC(=O)CC1OC(CC2CC2)c2cc(OC)ccc2-c2cn(C)c(=O)cc21. The summed E-state index contributed by atoms with van der Waals surface area (Å²) in [4.78, 5) is 24.8. The van der Waals surface area contributed by atoms with Gasteiger partial charge in [0.2, 0.25) is 5.91 Å². The third-order valence-corrected chi connectivity index (χ3v) is 5.82. The fraction of sp³-hybridized carbons (Fsp3) is 0.478. The van der Waals surface area contributed by atoms with Crippen molar-refractivity contribution in [1.29, 1.82) is 0 Å². The first-order chi connectivity index (χ1) is 14.0. The minimum atomic E-state index is -0.465. The molecule has 154 valence electrons. The second kappa shape index (κ2) is 8.03. The Hall–Kier alpha value is -2.60. The summed E-state index contributed by atoms with van der Waals surface area (Å²) in [5.41, 5.74) is 3.72. The largest absolute Gasteiger partial charge is 0.497 e. The highest BCUT2D eigenvalue weighted by Crippen LogP contribution is 2.48. The predicted molar refractivity (Wildman–Crippen MR) is 111 cm³/mol. The summed E-state index contributed by atoms with van der Waals surface area (Å²) in [6.45, 7) is 2.46. The summed E-state index contributed by atoms with van der Waals surface area (Å²) in [6.07, 6.45) is 4.79. The summed E-state index contributed by atoms with van der Waals surface area (Å²) >= 11 is 0. The van der Waals surface area contributed by atoms with Crippen LogP contribution in [0.3, 0.4) is 0 Å². The minimum absolute atomic E-state index is 0.0714. The zero-order valence-corrected chi connectivity index (χ0v) is 17.2. The zero-order chi connectivity index (χ0) is 20.5. The average molecular weight is 396 g/mol. The Morgan fingerprint density at radius 3 is 2.66 bits per heavy atom. The van der Waals surface area contributed by atoms with E-state index in [4.69, 9.17) is 9.47 Å². The minimum Gasteiger partial charge on any atom is -0.497 e. The highest BCUT2D eigenvalue weighted by molar-refractivity contribution is 5.78. The Morgan fingerprint density at radius 2 is 1.97 bits per heavy atom. The molecule has 2 aliphatic rings. The maximum atomic E-state index is 12.4. The van der Waals surface area contributed by atoms with Gasteiger partial charge in [-0.15, -0.1) is 0 Å². The van der Waals surface area contributed by atoms with E-state index in [1.54, 1.807) is 24.8 Å². The van der Waals surface area contributed by atoms with Crippen molar-refractivity contribution in [3.05, 3.63) is 51.9 Å². The van der Waals surface area contributed by atoms with Crippen molar-refractivity contribution < 1.29 is 14.3 Å². The van der Waals surface area contributed by atoms with Crippen LogP contribution in [0.2, 0.25) is 0 Å². The molecule has 2 heterocycles. The molecule has 1 N–H and O–H groups in total. The number of aromatic nitrogens is 1. The van der Waals surface area contributed by atoms with Gasteiger partial charge in [0.15, 0.2) is 0 Å². The Morgan fingerprint density at radius 1 is 1.21 bits per heavy atom. The first kappa shape index (κ1) is 19.7. The molecular weight excluding hydrogens is 368 g/mol. The smallest absolute Gasteiger partial charge is 0.250 e. The summed E-state index contributed by atoms with van der Waals surface area (Å²) in [7, 11) is 3.41. The molecule has 1 aromatic heterocycles. The van der Waals surface area contributed by atoms with Gasteiger partial charge in [-0.2, -0.15) is 0 Å². The number of fused-ring (bicyclic) bond motifs is 3. The van der Waals surface area contributed by atoms with Crippen LogP contribution in [0.15, 0.2) is 35.3 Å². The van der Waals surface area contributed by atoms with Crippen LogP contribution in [-0.2, 0) is 16.6 Å². The molecule has 4 rings (SSSR count). The molecule has 0 spiro atoms. The lowest BCUT2D eigenvalue weighted by molar-refractivity contribution is -0.125. The van der Waals surface area contributed by atoms with Crippen LogP contribution in [0.5, 0.6) is 5.75 Å². The van der Waals surface area contributed by atoms with E-state index in [0.29, 0.717) is 12.5 Å². The van der Waals surface area contributed by atoms with Gasteiger partial charge in [0, 0.05) is 31.4 Å². The number of pyridine rings is 1. The Balaban J connectivity index is 1.85. The molecular formula is C23H28N2O4. The van der Waals surface area contributed by atoms with Gasteiger partial charge in [-0.1, -0.05) is 18.9 Å². The summed E-state index contributed by atoms with van der Waals surface area (Å²) in [5.74, 6) is 1.36. The molecule has 2 aromatic rings. The number of nitrogens with zero attached hydrogens (tertiary/aromatic N) is 1. The summed E-state index contributed by atoms with van der Waals surface area (Å²) in [5, 5.41) is 2.86. The molecule has 0 bridgehead atoms. The van der Waals surface area contributed by atoms with Crippen molar-refractivity contribution in [3.63, 3.8) is 0 Å². The van der Waals surface area contributed by atoms with E-state index in [1.165, 1.54) is 12.8 Å². The zero-order valence-electron chi connectivity index (χ0n) is 17.2. The first-order valence-electron chi connectivity index (χ1n) is 10.3. The maximum Gasteiger partial charge on any atom is 0.250 e. The van der Waals surface area contributed by atoms with E-state index >= 15 is 0 Å². The van der Waals surface area contributed by atoms with Crippen molar-refractivity contribution in [2.45, 2.75) is 44.8 Å². The van der Waals surface area contributed by atoms with E-state index in [9.17, 15) is 9.59 Å². The van der Waals surface area contributed by atoms with Crippen molar-refractivity contribution in [2.75, 3.05) is 13.7 Å². The Labute approximate surface area is 170 Å². The molecule has 0 radical (unpaired) electrons. The van der Waals surface area contributed by atoms with Crippen molar-refractivity contribution in [3.8, 4) is 16.9 Å². The molecule has 2 atom stereocenters. The number of hydrogen-bond acceptors (Lipinski definition) is 4.